The first-order valence-electron chi connectivity index (χ1n) is 3.21. The lowest BCUT2D eigenvalue weighted by molar-refractivity contribution is 0.411. The van der Waals surface area contributed by atoms with Crippen molar-refractivity contribution in [2.75, 3.05) is 7.11 Å². The van der Waals surface area contributed by atoms with Crippen LogP contribution in [0.4, 0.5) is 0 Å². The van der Waals surface area contributed by atoms with Crippen LogP contribution in [0.1, 0.15) is 5.56 Å². The topological polar surface area (TPSA) is 9.23 Å². The van der Waals surface area contributed by atoms with E-state index < -0.39 is 0 Å². The van der Waals surface area contributed by atoms with Crippen LogP contribution in [-0.2, 0) is 5.75 Å². The van der Waals surface area contributed by atoms with Gasteiger partial charge in [0.25, 0.3) is 0 Å². The molecule has 0 heterocycles. The number of ether oxygens (including phenoxy) is 1. The van der Waals surface area contributed by atoms with Crippen LogP contribution < -0.4 is 4.74 Å². The van der Waals surface area contributed by atoms with Crippen LogP contribution in [0, 0.1) is 0 Å². The summed E-state index contributed by atoms with van der Waals surface area (Å²) in [5.74, 6) is 1.59. The Bertz CT molecular complexity index is 250. The maximum Gasteiger partial charge on any atom is 0.124 e. The van der Waals surface area contributed by atoms with Gasteiger partial charge in [-0.1, -0.05) is 22.0 Å². The van der Waals surface area contributed by atoms with Gasteiger partial charge in [0.1, 0.15) is 5.75 Å². The smallest absolute Gasteiger partial charge is 0.124 e. The highest BCUT2D eigenvalue weighted by molar-refractivity contribution is 9.10. The zero-order chi connectivity index (χ0) is 8.27. The third kappa shape index (κ3) is 2.14. The van der Waals surface area contributed by atoms with Gasteiger partial charge in [-0.25, -0.2) is 0 Å². The molecule has 1 nitrogen and oxygen atoms in total. The third-order valence-electron chi connectivity index (χ3n) is 1.42. The number of rotatable bonds is 2. The summed E-state index contributed by atoms with van der Waals surface area (Å²) in [4.78, 5) is 0. The fraction of sp³-hybridized carbons (Fsp3) is 0.250. The molecule has 0 saturated carbocycles. The summed E-state index contributed by atoms with van der Waals surface area (Å²) in [6, 6.07) is 5.91. The number of halogens is 1. The molecule has 60 valence electrons. The largest absolute Gasteiger partial charge is 0.496 e. The second-order valence-electron chi connectivity index (χ2n) is 2.11. The fourth-order valence-electron chi connectivity index (χ4n) is 0.849. The highest BCUT2D eigenvalue weighted by Crippen LogP contribution is 2.24. The molecule has 0 fully saturated rings. The van der Waals surface area contributed by atoms with E-state index in [0.29, 0.717) is 5.75 Å². The molecule has 0 atom stereocenters. The van der Waals surface area contributed by atoms with E-state index >= 15 is 0 Å². The summed E-state index contributed by atoms with van der Waals surface area (Å²) in [6.45, 7) is 0. The molecule has 0 bridgehead atoms. The van der Waals surface area contributed by atoms with Crippen molar-refractivity contribution in [2.24, 2.45) is 0 Å². The maximum absolute atomic E-state index is 5.14. The Morgan fingerprint density at radius 3 is 2.82 bits per heavy atom. The molecule has 0 spiro atoms. The van der Waals surface area contributed by atoms with Gasteiger partial charge in [0.15, 0.2) is 0 Å². The van der Waals surface area contributed by atoms with Crippen molar-refractivity contribution < 1.29 is 4.74 Å². The molecule has 0 amide bonds. The lowest BCUT2D eigenvalue weighted by atomic mass is 10.2. The Hall–Kier alpha value is -0.150. The molecule has 0 aliphatic heterocycles. The molecule has 0 N–H and O–H groups in total. The average molecular weight is 233 g/mol. The lowest BCUT2D eigenvalue weighted by Crippen LogP contribution is -1.88. The van der Waals surface area contributed by atoms with Gasteiger partial charge in [-0.2, -0.15) is 12.6 Å². The lowest BCUT2D eigenvalue weighted by Gasteiger charge is -2.05. The molecule has 0 unspecified atom stereocenters. The first kappa shape index (κ1) is 8.94. The number of benzene rings is 1. The Morgan fingerprint density at radius 1 is 1.55 bits per heavy atom. The van der Waals surface area contributed by atoms with Crippen LogP contribution in [0.2, 0.25) is 0 Å². The van der Waals surface area contributed by atoms with E-state index in [4.69, 9.17) is 4.74 Å². The van der Waals surface area contributed by atoms with Crippen LogP contribution in [-0.4, -0.2) is 7.11 Å². The van der Waals surface area contributed by atoms with E-state index in [9.17, 15) is 0 Å². The molecule has 0 saturated heterocycles. The minimum atomic E-state index is 0.705. The summed E-state index contributed by atoms with van der Waals surface area (Å²) in [7, 11) is 1.66. The SMILES string of the molecule is COc1cc(Br)ccc1CS. The van der Waals surface area contributed by atoms with Gasteiger partial charge in [0, 0.05) is 15.8 Å². The normalized spacial score (nSPS) is 9.73. The predicted octanol–water partition coefficient (Wildman–Crippen LogP) is 2.89. The maximum atomic E-state index is 5.14. The number of methoxy groups -OCH3 is 1. The van der Waals surface area contributed by atoms with Gasteiger partial charge in [0.2, 0.25) is 0 Å². The van der Waals surface area contributed by atoms with Crippen LogP contribution in [0.25, 0.3) is 0 Å². The van der Waals surface area contributed by atoms with Crippen molar-refractivity contribution in [3.05, 3.63) is 28.2 Å². The van der Waals surface area contributed by atoms with Crippen molar-refractivity contribution in [3.8, 4) is 5.75 Å². The highest BCUT2D eigenvalue weighted by Gasteiger charge is 1.99. The van der Waals surface area contributed by atoms with Crippen molar-refractivity contribution in [1.29, 1.82) is 0 Å². The third-order valence-corrected chi connectivity index (χ3v) is 2.25. The van der Waals surface area contributed by atoms with E-state index in [1.165, 1.54) is 0 Å². The summed E-state index contributed by atoms with van der Waals surface area (Å²) in [6.07, 6.45) is 0. The number of hydrogen-bond acceptors (Lipinski definition) is 2. The molecule has 0 aliphatic carbocycles. The Kier molecular flexibility index (Phi) is 3.27. The van der Waals surface area contributed by atoms with Gasteiger partial charge < -0.3 is 4.74 Å². The number of thiol groups is 1. The van der Waals surface area contributed by atoms with Crippen molar-refractivity contribution in [3.63, 3.8) is 0 Å². The van der Waals surface area contributed by atoms with Gasteiger partial charge >= 0.3 is 0 Å². The summed E-state index contributed by atoms with van der Waals surface area (Å²) >= 11 is 7.53. The Balaban J connectivity index is 3.06. The summed E-state index contributed by atoms with van der Waals surface area (Å²) in [5, 5.41) is 0. The first-order chi connectivity index (χ1) is 5.27. The molecule has 1 aromatic carbocycles. The molecule has 0 aliphatic rings. The predicted molar refractivity (Wildman–Crippen MR) is 53.4 cm³/mol. The monoisotopic (exact) mass is 232 g/mol. The molecule has 1 aromatic rings. The molecule has 1 rings (SSSR count). The van der Waals surface area contributed by atoms with Crippen molar-refractivity contribution in [2.45, 2.75) is 5.75 Å². The van der Waals surface area contributed by atoms with Gasteiger partial charge in [-0.15, -0.1) is 0 Å². The van der Waals surface area contributed by atoms with E-state index in [-0.39, 0.29) is 0 Å². The van der Waals surface area contributed by atoms with E-state index in [1.807, 2.05) is 18.2 Å². The van der Waals surface area contributed by atoms with Crippen LogP contribution in [0.5, 0.6) is 5.75 Å². The standard InChI is InChI=1S/C8H9BrOS/c1-10-8-4-7(9)3-2-6(8)5-11/h2-4,11H,5H2,1H3. The molecule has 11 heavy (non-hydrogen) atoms. The second-order valence-corrected chi connectivity index (χ2v) is 3.35. The van der Waals surface area contributed by atoms with Crippen LogP contribution >= 0.6 is 28.6 Å². The van der Waals surface area contributed by atoms with Gasteiger partial charge in [-0.3, -0.25) is 0 Å². The molecular formula is C8H9BrOS. The molecule has 0 radical (unpaired) electrons. The minimum absolute atomic E-state index is 0.705. The quantitative estimate of drug-likeness (QED) is 0.772. The summed E-state index contributed by atoms with van der Waals surface area (Å²) < 4.78 is 6.17. The molecule has 0 aromatic heterocycles. The molecule has 3 heteroatoms. The highest BCUT2D eigenvalue weighted by atomic mass is 79.9. The summed E-state index contributed by atoms with van der Waals surface area (Å²) in [5.41, 5.74) is 1.11. The zero-order valence-electron chi connectivity index (χ0n) is 6.17. The van der Waals surface area contributed by atoms with Crippen LogP contribution in [0.3, 0.4) is 0 Å². The van der Waals surface area contributed by atoms with Gasteiger partial charge in [-0.05, 0) is 12.1 Å². The molecular weight excluding hydrogens is 224 g/mol. The van der Waals surface area contributed by atoms with Crippen molar-refractivity contribution in [1.82, 2.24) is 0 Å². The second kappa shape index (κ2) is 4.02. The van der Waals surface area contributed by atoms with Crippen LogP contribution in [0.15, 0.2) is 22.7 Å². The first-order valence-corrected chi connectivity index (χ1v) is 4.63. The zero-order valence-corrected chi connectivity index (χ0v) is 8.65. The minimum Gasteiger partial charge on any atom is -0.496 e. The van der Waals surface area contributed by atoms with E-state index in [1.54, 1.807) is 7.11 Å². The number of hydrogen-bond donors (Lipinski definition) is 1. The van der Waals surface area contributed by atoms with E-state index in [0.717, 1.165) is 15.8 Å². The van der Waals surface area contributed by atoms with E-state index in [2.05, 4.69) is 28.6 Å². The van der Waals surface area contributed by atoms with Crippen molar-refractivity contribution >= 4 is 28.6 Å². The Labute approximate surface area is 80.3 Å². The fourth-order valence-corrected chi connectivity index (χ4v) is 1.45. The average Bonchev–Trinajstić information content (AvgIpc) is 2.04. The van der Waals surface area contributed by atoms with Gasteiger partial charge in [0.05, 0.1) is 7.11 Å². The Morgan fingerprint density at radius 2 is 2.27 bits per heavy atom.